The molecule has 17 heavy (non-hydrogen) atoms. The first kappa shape index (κ1) is 13.7. The molecule has 0 radical (unpaired) electrons. The summed E-state index contributed by atoms with van der Waals surface area (Å²) in [4.78, 5) is 10.2. The van der Waals surface area contributed by atoms with E-state index in [-0.39, 0.29) is 22.4 Å². The number of nitrogens with one attached hydrogen (secondary N) is 1. The van der Waals surface area contributed by atoms with Gasteiger partial charge in [0.15, 0.2) is 0 Å². The van der Waals surface area contributed by atoms with Gasteiger partial charge in [0.25, 0.3) is 5.69 Å². The lowest BCUT2D eigenvalue weighted by atomic mass is 10.2. The van der Waals surface area contributed by atoms with Crippen molar-refractivity contribution in [3.63, 3.8) is 0 Å². The number of nitrogens with zero attached hydrogens (tertiary/aromatic N) is 1. The Labute approximate surface area is 103 Å². The molecule has 0 aliphatic rings. The third kappa shape index (κ3) is 3.54. The van der Waals surface area contributed by atoms with E-state index in [0.717, 1.165) is 12.1 Å². The molecule has 1 aromatic carbocycles. The number of halogens is 2. The summed E-state index contributed by atoms with van der Waals surface area (Å²) in [7, 11) is 1.51. The van der Waals surface area contributed by atoms with Crippen molar-refractivity contribution < 1.29 is 14.1 Å². The fourth-order valence-corrected chi connectivity index (χ4v) is 1.52. The van der Waals surface area contributed by atoms with E-state index in [1.807, 2.05) is 0 Å². The Bertz CT molecular complexity index is 428. The highest BCUT2D eigenvalue weighted by Crippen LogP contribution is 2.30. The summed E-state index contributed by atoms with van der Waals surface area (Å²) in [6, 6.07) is 1.81. The Morgan fingerprint density at radius 3 is 2.82 bits per heavy atom. The van der Waals surface area contributed by atoms with Crippen molar-refractivity contribution in [3.8, 4) is 0 Å². The number of hydrogen-bond donors (Lipinski definition) is 1. The van der Waals surface area contributed by atoms with Crippen molar-refractivity contribution >= 4 is 23.0 Å². The topological polar surface area (TPSA) is 64.4 Å². The number of methoxy groups -OCH3 is 1. The molecule has 1 aromatic rings. The highest BCUT2D eigenvalue weighted by molar-refractivity contribution is 6.31. The summed E-state index contributed by atoms with van der Waals surface area (Å²) >= 11 is 5.50. The third-order valence-electron chi connectivity index (χ3n) is 2.05. The van der Waals surface area contributed by atoms with Crippen LogP contribution in [-0.2, 0) is 4.74 Å². The number of hydrogen-bond acceptors (Lipinski definition) is 4. The number of anilines is 1. The molecule has 0 saturated carbocycles. The molecule has 0 aliphatic heterocycles. The molecule has 0 fully saturated rings. The zero-order valence-corrected chi connectivity index (χ0v) is 10.1. The molecule has 7 heteroatoms. The average Bonchev–Trinajstić information content (AvgIpc) is 2.23. The van der Waals surface area contributed by atoms with Crippen LogP contribution in [0.4, 0.5) is 15.8 Å². The van der Waals surface area contributed by atoms with E-state index in [0.29, 0.717) is 6.61 Å². The first-order chi connectivity index (χ1) is 7.95. The number of rotatable bonds is 5. The lowest BCUT2D eigenvalue weighted by Gasteiger charge is -2.14. The molecule has 0 amide bonds. The van der Waals surface area contributed by atoms with Crippen molar-refractivity contribution in [1.29, 1.82) is 0 Å². The first-order valence-electron chi connectivity index (χ1n) is 4.84. The summed E-state index contributed by atoms with van der Waals surface area (Å²) in [6.45, 7) is 2.11. The highest BCUT2D eigenvalue weighted by atomic mass is 35.5. The van der Waals surface area contributed by atoms with Gasteiger partial charge in [-0.05, 0) is 6.92 Å². The maximum Gasteiger partial charge on any atom is 0.294 e. The molecular weight excluding hydrogens is 251 g/mol. The summed E-state index contributed by atoms with van der Waals surface area (Å²) in [5.41, 5.74) is -0.180. The van der Waals surface area contributed by atoms with E-state index in [4.69, 9.17) is 16.3 Å². The van der Waals surface area contributed by atoms with Crippen LogP contribution >= 0.6 is 11.6 Å². The molecule has 0 aliphatic carbocycles. The van der Waals surface area contributed by atoms with Gasteiger partial charge in [-0.25, -0.2) is 4.39 Å². The molecule has 0 spiro atoms. The zero-order valence-electron chi connectivity index (χ0n) is 9.37. The van der Waals surface area contributed by atoms with Gasteiger partial charge in [0.1, 0.15) is 11.5 Å². The Morgan fingerprint density at radius 2 is 2.29 bits per heavy atom. The minimum atomic E-state index is -0.704. The quantitative estimate of drug-likeness (QED) is 0.655. The molecule has 1 unspecified atom stereocenters. The van der Waals surface area contributed by atoms with E-state index in [1.54, 1.807) is 6.92 Å². The zero-order chi connectivity index (χ0) is 13.0. The average molecular weight is 263 g/mol. The molecule has 1 atom stereocenters. The van der Waals surface area contributed by atoms with E-state index < -0.39 is 10.7 Å². The van der Waals surface area contributed by atoms with Crippen LogP contribution in [0.2, 0.25) is 5.02 Å². The summed E-state index contributed by atoms with van der Waals surface area (Å²) in [5, 5.41) is 13.3. The monoisotopic (exact) mass is 262 g/mol. The summed E-state index contributed by atoms with van der Waals surface area (Å²) in [6.07, 6.45) is 0. The number of benzene rings is 1. The number of ether oxygens (including phenoxy) is 1. The van der Waals surface area contributed by atoms with Crippen LogP contribution in [-0.4, -0.2) is 24.7 Å². The normalized spacial score (nSPS) is 12.2. The largest absolute Gasteiger partial charge is 0.383 e. The van der Waals surface area contributed by atoms with Crippen molar-refractivity contribution in [3.05, 3.63) is 33.1 Å². The van der Waals surface area contributed by atoms with Crippen molar-refractivity contribution in [1.82, 2.24) is 0 Å². The van der Waals surface area contributed by atoms with Crippen LogP contribution in [0.1, 0.15) is 6.92 Å². The minimum Gasteiger partial charge on any atom is -0.383 e. The molecule has 94 valence electrons. The second kappa shape index (κ2) is 5.79. The van der Waals surface area contributed by atoms with Crippen LogP contribution in [0.25, 0.3) is 0 Å². The van der Waals surface area contributed by atoms with Gasteiger partial charge in [-0.15, -0.1) is 0 Å². The van der Waals surface area contributed by atoms with Gasteiger partial charge >= 0.3 is 0 Å². The molecule has 1 N–H and O–H groups in total. The predicted molar refractivity (Wildman–Crippen MR) is 63.0 cm³/mol. The van der Waals surface area contributed by atoms with Gasteiger partial charge in [-0.2, -0.15) is 0 Å². The molecule has 0 aromatic heterocycles. The Kier molecular flexibility index (Phi) is 4.65. The van der Waals surface area contributed by atoms with E-state index in [9.17, 15) is 14.5 Å². The fraction of sp³-hybridized carbons (Fsp3) is 0.400. The SMILES string of the molecule is COCC(C)Nc1cc(F)c(Cl)cc1[N+](=O)[O-]. The fourth-order valence-electron chi connectivity index (χ4n) is 1.36. The van der Waals surface area contributed by atoms with Crippen molar-refractivity contribution in [2.45, 2.75) is 13.0 Å². The second-order valence-corrected chi connectivity index (χ2v) is 3.95. The molecule has 0 saturated heterocycles. The van der Waals surface area contributed by atoms with E-state index in [2.05, 4.69) is 5.32 Å². The number of nitro groups is 1. The highest BCUT2D eigenvalue weighted by Gasteiger charge is 2.18. The van der Waals surface area contributed by atoms with Crippen LogP contribution in [0.3, 0.4) is 0 Å². The Balaban J connectivity index is 3.04. The van der Waals surface area contributed by atoms with Gasteiger partial charge < -0.3 is 10.1 Å². The van der Waals surface area contributed by atoms with Gasteiger partial charge in [0.2, 0.25) is 0 Å². The lowest BCUT2D eigenvalue weighted by molar-refractivity contribution is -0.384. The van der Waals surface area contributed by atoms with Crippen LogP contribution < -0.4 is 5.32 Å². The van der Waals surface area contributed by atoms with Crippen LogP contribution in [0.15, 0.2) is 12.1 Å². The smallest absolute Gasteiger partial charge is 0.294 e. The third-order valence-corrected chi connectivity index (χ3v) is 2.34. The number of nitro benzene ring substituents is 1. The molecule has 1 rings (SSSR count). The standard InChI is InChI=1S/C10H12ClFN2O3/c1-6(5-17-2)13-9-4-8(12)7(11)3-10(9)14(15)16/h3-4,6,13H,5H2,1-2H3. The maximum atomic E-state index is 13.2. The lowest BCUT2D eigenvalue weighted by Crippen LogP contribution is -2.21. The molecular formula is C10H12ClFN2O3. The van der Waals surface area contributed by atoms with Gasteiger partial charge in [0, 0.05) is 25.3 Å². The molecule has 0 heterocycles. The molecule has 0 bridgehead atoms. The van der Waals surface area contributed by atoms with Gasteiger partial charge in [0.05, 0.1) is 16.6 Å². The van der Waals surface area contributed by atoms with E-state index in [1.165, 1.54) is 7.11 Å². The summed E-state index contributed by atoms with van der Waals surface area (Å²) < 4.78 is 18.1. The van der Waals surface area contributed by atoms with Crippen molar-refractivity contribution in [2.75, 3.05) is 19.0 Å². The molecule has 5 nitrogen and oxygen atoms in total. The van der Waals surface area contributed by atoms with E-state index >= 15 is 0 Å². The van der Waals surface area contributed by atoms with Gasteiger partial charge in [-0.3, -0.25) is 10.1 Å². The van der Waals surface area contributed by atoms with Crippen molar-refractivity contribution in [2.24, 2.45) is 0 Å². The Morgan fingerprint density at radius 1 is 1.65 bits per heavy atom. The second-order valence-electron chi connectivity index (χ2n) is 3.54. The predicted octanol–water partition coefficient (Wildman–Crippen LogP) is 2.83. The van der Waals surface area contributed by atoms with Crippen LogP contribution in [0.5, 0.6) is 0 Å². The van der Waals surface area contributed by atoms with Crippen LogP contribution in [0, 0.1) is 15.9 Å². The maximum absolute atomic E-state index is 13.2. The summed E-state index contributed by atoms with van der Waals surface area (Å²) in [5.74, 6) is -0.704. The Hall–Kier alpha value is -1.40. The minimum absolute atomic E-state index is 0.0847. The van der Waals surface area contributed by atoms with Gasteiger partial charge in [-0.1, -0.05) is 11.6 Å². The first-order valence-corrected chi connectivity index (χ1v) is 5.22.